The molecule has 0 spiro atoms. The Morgan fingerprint density at radius 2 is 1.77 bits per heavy atom. The minimum atomic E-state index is -0.122. The molecule has 4 nitrogen and oxygen atoms in total. The quantitative estimate of drug-likeness (QED) is 0.723. The predicted octanol–water partition coefficient (Wildman–Crippen LogP) is 3.68. The molecule has 0 saturated carbocycles. The first kappa shape index (κ1) is 13.1. The van der Waals surface area contributed by atoms with E-state index >= 15 is 0 Å². The summed E-state index contributed by atoms with van der Waals surface area (Å²) in [6, 6.07) is 17.0. The van der Waals surface area contributed by atoms with Crippen molar-refractivity contribution in [2.24, 2.45) is 0 Å². The van der Waals surface area contributed by atoms with E-state index in [9.17, 15) is 4.79 Å². The Labute approximate surface area is 127 Å². The van der Waals surface area contributed by atoms with E-state index in [1.165, 1.54) is 0 Å². The minimum Gasteiger partial charge on any atom is -0.464 e. The van der Waals surface area contributed by atoms with E-state index in [2.05, 4.69) is 0 Å². The van der Waals surface area contributed by atoms with E-state index in [-0.39, 0.29) is 11.5 Å². The lowest BCUT2D eigenvalue weighted by Gasteiger charge is -2.24. The first-order valence-electron chi connectivity index (χ1n) is 7.32. The number of fused-ring (bicyclic) bond motifs is 1. The summed E-state index contributed by atoms with van der Waals surface area (Å²) in [6.07, 6.45) is 2.33. The average Bonchev–Trinajstić information content (AvgIpc) is 3.06. The molecule has 1 atom stereocenters. The topological polar surface area (TPSA) is 42.7 Å². The highest BCUT2D eigenvalue weighted by atomic mass is 16.7. The first-order chi connectivity index (χ1) is 10.8. The molecule has 2 aromatic carbocycles. The lowest BCUT2D eigenvalue weighted by atomic mass is 10.0. The van der Waals surface area contributed by atoms with Gasteiger partial charge < -0.3 is 4.42 Å². The van der Waals surface area contributed by atoms with Crippen molar-refractivity contribution < 1.29 is 9.25 Å². The summed E-state index contributed by atoms with van der Waals surface area (Å²) in [4.78, 5) is 18.5. The van der Waals surface area contributed by atoms with Gasteiger partial charge in [-0.2, -0.15) is 0 Å². The van der Waals surface area contributed by atoms with Gasteiger partial charge in [-0.1, -0.05) is 30.3 Å². The lowest BCUT2D eigenvalue weighted by molar-refractivity contribution is 0.158. The standard InChI is InChI=1S/C18H15NO3/c20-18-14-8-4-5-9-17(14)21-12-15(18)16-10-11-22-19(16)13-6-2-1-3-7-13/h1-9,12,16H,10-11H2. The molecule has 4 rings (SSSR count). The third-order valence-corrected chi connectivity index (χ3v) is 3.98. The fourth-order valence-electron chi connectivity index (χ4n) is 2.90. The van der Waals surface area contributed by atoms with Crippen LogP contribution >= 0.6 is 0 Å². The van der Waals surface area contributed by atoms with Gasteiger partial charge in [0.1, 0.15) is 11.8 Å². The van der Waals surface area contributed by atoms with Gasteiger partial charge in [-0.05, 0) is 24.3 Å². The summed E-state index contributed by atoms with van der Waals surface area (Å²) >= 11 is 0. The Balaban J connectivity index is 1.81. The van der Waals surface area contributed by atoms with Crippen LogP contribution in [0.5, 0.6) is 0 Å². The third kappa shape index (κ3) is 2.09. The molecule has 110 valence electrons. The first-order valence-corrected chi connectivity index (χ1v) is 7.32. The molecule has 1 unspecified atom stereocenters. The second-order valence-electron chi connectivity index (χ2n) is 5.32. The molecule has 4 heteroatoms. The maximum Gasteiger partial charge on any atom is 0.198 e. The SMILES string of the molecule is O=c1c(C2CCON2c2ccccc2)coc2ccccc12. The molecule has 2 heterocycles. The van der Waals surface area contributed by atoms with Gasteiger partial charge in [0, 0.05) is 6.42 Å². The molecule has 0 radical (unpaired) electrons. The summed E-state index contributed by atoms with van der Waals surface area (Å²) in [5.41, 5.74) is 2.21. The van der Waals surface area contributed by atoms with E-state index in [1.54, 1.807) is 23.5 Å². The number of hydrogen-bond donors (Lipinski definition) is 0. The van der Waals surface area contributed by atoms with Crippen LogP contribution in [0.25, 0.3) is 11.0 Å². The van der Waals surface area contributed by atoms with Gasteiger partial charge in [-0.25, -0.2) is 5.06 Å². The number of rotatable bonds is 2. The van der Waals surface area contributed by atoms with Gasteiger partial charge in [0.05, 0.1) is 29.3 Å². The van der Waals surface area contributed by atoms with Crippen molar-refractivity contribution in [3.8, 4) is 0 Å². The van der Waals surface area contributed by atoms with Crippen molar-refractivity contribution in [3.63, 3.8) is 0 Å². The average molecular weight is 293 g/mol. The molecule has 22 heavy (non-hydrogen) atoms. The molecule has 1 aliphatic rings. The highest BCUT2D eigenvalue weighted by molar-refractivity contribution is 5.76. The van der Waals surface area contributed by atoms with Crippen LogP contribution in [0.4, 0.5) is 5.69 Å². The highest BCUT2D eigenvalue weighted by Crippen LogP contribution is 2.33. The number of benzene rings is 2. The smallest absolute Gasteiger partial charge is 0.198 e. The van der Waals surface area contributed by atoms with Crippen molar-refractivity contribution in [3.05, 3.63) is 76.6 Å². The molecule has 1 saturated heterocycles. The summed E-state index contributed by atoms with van der Waals surface area (Å²) in [6.45, 7) is 0.589. The number of nitrogens with zero attached hydrogens (tertiary/aromatic N) is 1. The zero-order valence-corrected chi connectivity index (χ0v) is 11.9. The van der Waals surface area contributed by atoms with Crippen LogP contribution in [0.15, 0.2) is 70.1 Å². The van der Waals surface area contributed by atoms with Crippen LogP contribution in [-0.4, -0.2) is 6.61 Å². The van der Waals surface area contributed by atoms with Gasteiger partial charge >= 0.3 is 0 Å². The molecular weight excluding hydrogens is 278 g/mol. The second kappa shape index (κ2) is 5.31. The van der Waals surface area contributed by atoms with Crippen LogP contribution in [0.3, 0.4) is 0 Å². The minimum absolute atomic E-state index is 0.0123. The lowest BCUT2D eigenvalue weighted by Crippen LogP contribution is -2.25. The molecule has 1 fully saturated rings. The molecule has 1 aliphatic heterocycles. The van der Waals surface area contributed by atoms with E-state index < -0.39 is 0 Å². The van der Waals surface area contributed by atoms with Crippen LogP contribution in [0.1, 0.15) is 18.0 Å². The predicted molar refractivity (Wildman–Crippen MR) is 84.7 cm³/mol. The fourth-order valence-corrected chi connectivity index (χ4v) is 2.90. The second-order valence-corrected chi connectivity index (χ2v) is 5.32. The molecule has 0 amide bonds. The van der Waals surface area contributed by atoms with Crippen LogP contribution < -0.4 is 10.5 Å². The van der Waals surface area contributed by atoms with E-state index in [0.29, 0.717) is 23.1 Å². The molecule has 0 bridgehead atoms. The van der Waals surface area contributed by atoms with Crippen LogP contribution in [0.2, 0.25) is 0 Å². The Kier molecular flexibility index (Phi) is 3.16. The Morgan fingerprint density at radius 3 is 2.64 bits per heavy atom. The molecule has 3 aromatic rings. The summed E-state index contributed by atoms with van der Waals surface area (Å²) in [5, 5.41) is 2.42. The van der Waals surface area contributed by atoms with Crippen molar-refractivity contribution in [1.29, 1.82) is 0 Å². The fraction of sp³-hybridized carbons (Fsp3) is 0.167. The molecule has 0 N–H and O–H groups in total. The zero-order valence-electron chi connectivity index (χ0n) is 11.9. The van der Waals surface area contributed by atoms with Gasteiger partial charge in [0.15, 0.2) is 5.43 Å². The van der Waals surface area contributed by atoms with Crippen molar-refractivity contribution in [2.45, 2.75) is 12.5 Å². The van der Waals surface area contributed by atoms with E-state index in [0.717, 1.165) is 12.1 Å². The van der Waals surface area contributed by atoms with Crippen LogP contribution in [-0.2, 0) is 4.84 Å². The van der Waals surface area contributed by atoms with Gasteiger partial charge in [0.2, 0.25) is 0 Å². The van der Waals surface area contributed by atoms with Crippen LogP contribution in [0, 0.1) is 0 Å². The van der Waals surface area contributed by atoms with Gasteiger partial charge in [0.25, 0.3) is 0 Å². The maximum absolute atomic E-state index is 12.8. The number of anilines is 1. The van der Waals surface area contributed by atoms with Crippen molar-refractivity contribution >= 4 is 16.7 Å². The molecule has 1 aromatic heterocycles. The Morgan fingerprint density at radius 1 is 1.00 bits per heavy atom. The normalized spacial score (nSPS) is 18.0. The monoisotopic (exact) mass is 293 g/mol. The van der Waals surface area contributed by atoms with Gasteiger partial charge in [-0.15, -0.1) is 0 Å². The molecule has 0 aliphatic carbocycles. The maximum atomic E-state index is 12.8. The van der Waals surface area contributed by atoms with Gasteiger partial charge in [-0.3, -0.25) is 9.63 Å². The highest BCUT2D eigenvalue weighted by Gasteiger charge is 2.30. The largest absolute Gasteiger partial charge is 0.464 e. The molecular formula is C18H15NO3. The summed E-state index contributed by atoms with van der Waals surface area (Å²) in [7, 11) is 0. The Hall–Kier alpha value is -2.59. The zero-order chi connectivity index (χ0) is 14.9. The Bertz CT molecular complexity index is 857. The number of para-hydroxylation sites is 2. The third-order valence-electron chi connectivity index (χ3n) is 3.98. The van der Waals surface area contributed by atoms with E-state index in [1.807, 2.05) is 42.5 Å². The number of hydroxylamine groups is 1. The number of hydrogen-bond acceptors (Lipinski definition) is 4. The van der Waals surface area contributed by atoms with Crippen molar-refractivity contribution in [1.82, 2.24) is 0 Å². The van der Waals surface area contributed by atoms with E-state index in [4.69, 9.17) is 9.25 Å². The van der Waals surface area contributed by atoms with Crippen molar-refractivity contribution in [2.75, 3.05) is 11.7 Å². The summed E-state index contributed by atoms with van der Waals surface area (Å²) < 4.78 is 5.64. The summed E-state index contributed by atoms with van der Waals surface area (Å²) in [5.74, 6) is 0.